The molecule has 17 heavy (non-hydrogen) atoms. The normalized spacial score (nSPS) is 9.76. The van der Waals surface area contributed by atoms with Crippen LogP contribution in [0.2, 0.25) is 0 Å². The molecule has 0 aliphatic heterocycles. The van der Waals surface area contributed by atoms with Gasteiger partial charge in [0.2, 0.25) is 0 Å². The van der Waals surface area contributed by atoms with E-state index in [1.54, 1.807) is 0 Å². The van der Waals surface area contributed by atoms with Crippen LogP contribution < -0.4 is 0 Å². The van der Waals surface area contributed by atoms with Gasteiger partial charge in [-0.1, -0.05) is 39.5 Å². The molecule has 0 N–H and O–H groups in total. The summed E-state index contributed by atoms with van der Waals surface area (Å²) in [4.78, 5) is 0. The van der Waals surface area contributed by atoms with Gasteiger partial charge in [-0.25, -0.2) is 24.3 Å². The van der Waals surface area contributed by atoms with E-state index < -0.39 is 0 Å². The first kappa shape index (κ1) is 17.1. The van der Waals surface area contributed by atoms with Crippen molar-refractivity contribution in [2.24, 2.45) is 0 Å². The first-order valence-corrected chi connectivity index (χ1v) is 6.04. The van der Waals surface area contributed by atoms with Gasteiger partial charge in [-0.15, -0.1) is 0 Å². The first-order valence-electron chi connectivity index (χ1n) is 6.04. The van der Waals surface area contributed by atoms with E-state index in [2.05, 4.69) is 76.2 Å². The minimum absolute atomic E-state index is 0. The summed E-state index contributed by atoms with van der Waals surface area (Å²) in [5.41, 5.74) is 2.87. The van der Waals surface area contributed by atoms with Gasteiger partial charge < -0.3 is 0 Å². The Morgan fingerprint density at radius 3 is 0.941 bits per heavy atom. The molecule has 1 heteroatoms. The minimum Gasteiger partial charge on any atom is -0.213 e. The maximum atomic E-state index is 2.20. The molecule has 0 saturated heterocycles. The standard InChI is InChI=1S/2C8H11.Ce/c2*1-7(2)8-5-3-4-6-8;/h2*3-7H,1-2H3;/q2*-1;. The van der Waals surface area contributed by atoms with Crippen molar-refractivity contribution in [3.63, 3.8) is 0 Å². The predicted octanol–water partition coefficient (Wildman–Crippen LogP) is 5.06. The maximum Gasteiger partial charge on any atom is 0 e. The van der Waals surface area contributed by atoms with Crippen molar-refractivity contribution in [1.29, 1.82) is 0 Å². The molecule has 0 fully saturated rings. The number of hydrogen-bond donors (Lipinski definition) is 0. The molecule has 2 rings (SSSR count). The molecule has 0 radical (unpaired) electrons. The largest absolute Gasteiger partial charge is 0.213 e. The van der Waals surface area contributed by atoms with Crippen LogP contribution in [0.1, 0.15) is 50.7 Å². The van der Waals surface area contributed by atoms with E-state index >= 15 is 0 Å². The molecule has 0 heterocycles. The molecule has 2 aromatic carbocycles. The van der Waals surface area contributed by atoms with Crippen LogP contribution in [0.25, 0.3) is 0 Å². The van der Waals surface area contributed by atoms with Gasteiger partial charge in [-0.05, 0) is 0 Å². The van der Waals surface area contributed by atoms with E-state index in [0.717, 1.165) is 0 Å². The van der Waals surface area contributed by atoms with Gasteiger partial charge >= 0.3 is 0 Å². The fourth-order valence-electron chi connectivity index (χ4n) is 1.55. The summed E-state index contributed by atoms with van der Waals surface area (Å²) in [6.07, 6.45) is 0. The SMILES string of the molecule is CC(C)[c-]1cccc1.CC(C)[c-]1cccc1.[Ce]. The second-order valence-electron chi connectivity index (χ2n) is 4.75. The molecule has 0 aliphatic carbocycles. The van der Waals surface area contributed by atoms with Crippen LogP contribution >= 0.6 is 0 Å². The van der Waals surface area contributed by atoms with Crippen molar-refractivity contribution in [2.45, 2.75) is 39.5 Å². The fourth-order valence-corrected chi connectivity index (χ4v) is 1.55. The maximum absolute atomic E-state index is 2.20. The first-order chi connectivity index (χ1) is 7.61. The van der Waals surface area contributed by atoms with Crippen molar-refractivity contribution >= 4 is 0 Å². The Labute approximate surface area is 140 Å². The van der Waals surface area contributed by atoms with Crippen LogP contribution in [0.5, 0.6) is 0 Å². The molecule has 0 atom stereocenters. The molecule has 0 bridgehead atoms. The molecule has 0 unspecified atom stereocenters. The minimum atomic E-state index is 0. The smallest absolute Gasteiger partial charge is 0 e. The average Bonchev–Trinajstić information content (AvgIpc) is 2.93. The molecule has 2 aromatic rings. The van der Waals surface area contributed by atoms with Gasteiger partial charge in [-0.2, -0.15) is 35.4 Å². The molecule has 0 spiro atoms. The van der Waals surface area contributed by atoms with Gasteiger partial charge in [-0.3, -0.25) is 0 Å². The summed E-state index contributed by atoms with van der Waals surface area (Å²) in [6, 6.07) is 16.9. The summed E-state index contributed by atoms with van der Waals surface area (Å²) in [7, 11) is 0. The summed E-state index contributed by atoms with van der Waals surface area (Å²) < 4.78 is 0. The Balaban J connectivity index is 0.000000284. The van der Waals surface area contributed by atoms with Crippen LogP contribution in [0.3, 0.4) is 0 Å². The topological polar surface area (TPSA) is 0 Å². The van der Waals surface area contributed by atoms with Crippen molar-refractivity contribution in [1.82, 2.24) is 0 Å². The van der Waals surface area contributed by atoms with Gasteiger partial charge in [0.05, 0.1) is 0 Å². The summed E-state index contributed by atoms with van der Waals surface area (Å²) in [6.45, 7) is 8.81. The van der Waals surface area contributed by atoms with E-state index in [4.69, 9.17) is 0 Å². The van der Waals surface area contributed by atoms with E-state index in [-0.39, 0.29) is 41.7 Å². The van der Waals surface area contributed by atoms with Crippen LogP contribution in [-0.2, 0) is 0 Å². The summed E-state index contributed by atoms with van der Waals surface area (Å²) >= 11 is 0. The van der Waals surface area contributed by atoms with Gasteiger partial charge in [0, 0.05) is 41.7 Å². The van der Waals surface area contributed by atoms with Crippen molar-refractivity contribution in [3.8, 4) is 0 Å². The molecular formula is C16H22Ce-2. The third kappa shape index (κ3) is 6.54. The molecule has 0 aliphatic rings. The summed E-state index contributed by atoms with van der Waals surface area (Å²) in [5, 5.41) is 0. The number of rotatable bonds is 2. The second-order valence-corrected chi connectivity index (χ2v) is 4.75. The Morgan fingerprint density at radius 2 is 0.824 bits per heavy atom. The zero-order valence-electron chi connectivity index (χ0n) is 11.3. The zero-order chi connectivity index (χ0) is 12.0. The van der Waals surface area contributed by atoms with Gasteiger partial charge in [0.1, 0.15) is 0 Å². The fraction of sp³-hybridized carbons (Fsp3) is 0.375. The Bertz CT molecular complexity index is 314. The second kappa shape index (κ2) is 9.07. The van der Waals surface area contributed by atoms with Crippen molar-refractivity contribution < 1.29 is 41.7 Å². The molecule has 0 nitrogen and oxygen atoms in total. The third-order valence-electron chi connectivity index (χ3n) is 2.71. The van der Waals surface area contributed by atoms with Crippen molar-refractivity contribution in [3.05, 3.63) is 59.7 Å². The Morgan fingerprint density at radius 1 is 0.588 bits per heavy atom. The Hall–Kier alpha value is 0.0766. The molecular weight excluding hydrogens is 332 g/mol. The molecule has 0 amide bonds. The molecule has 0 saturated carbocycles. The van der Waals surface area contributed by atoms with E-state index in [1.165, 1.54) is 11.1 Å². The van der Waals surface area contributed by atoms with Crippen LogP contribution in [0.4, 0.5) is 0 Å². The molecule has 0 aromatic heterocycles. The van der Waals surface area contributed by atoms with Crippen LogP contribution in [0, 0.1) is 41.7 Å². The Kier molecular flexibility index (Phi) is 9.11. The third-order valence-corrected chi connectivity index (χ3v) is 2.71. The quantitative estimate of drug-likeness (QED) is 0.662. The molecule has 92 valence electrons. The summed E-state index contributed by atoms with van der Waals surface area (Å²) in [5.74, 6) is 1.37. The van der Waals surface area contributed by atoms with Crippen molar-refractivity contribution in [2.75, 3.05) is 0 Å². The van der Waals surface area contributed by atoms with E-state index in [9.17, 15) is 0 Å². The average molecular weight is 354 g/mol. The van der Waals surface area contributed by atoms with E-state index in [1.807, 2.05) is 0 Å². The van der Waals surface area contributed by atoms with Crippen LogP contribution in [0.15, 0.2) is 48.5 Å². The zero-order valence-corrected chi connectivity index (χ0v) is 14.4. The predicted molar refractivity (Wildman–Crippen MR) is 72.2 cm³/mol. The number of hydrogen-bond acceptors (Lipinski definition) is 0. The van der Waals surface area contributed by atoms with Gasteiger partial charge in [0.25, 0.3) is 0 Å². The van der Waals surface area contributed by atoms with Gasteiger partial charge in [0.15, 0.2) is 0 Å². The van der Waals surface area contributed by atoms with Crippen LogP contribution in [-0.4, -0.2) is 0 Å². The monoisotopic (exact) mass is 354 g/mol. The van der Waals surface area contributed by atoms with E-state index in [0.29, 0.717) is 11.8 Å².